The van der Waals surface area contributed by atoms with Crippen molar-refractivity contribution < 1.29 is 0 Å². The normalized spacial score (nSPS) is 17.5. The SMILES string of the molecule is Cn1ccnc1CN1CC[C@H](n2c(=O)n(-c3ccccc3)c3cccnc32)C1. The second kappa shape index (κ2) is 6.76. The molecule has 0 amide bonds. The first-order chi connectivity index (χ1) is 13.7. The van der Waals surface area contributed by atoms with Crippen molar-refractivity contribution in [1.29, 1.82) is 0 Å². The van der Waals surface area contributed by atoms with Gasteiger partial charge in [0.2, 0.25) is 0 Å². The quantitative estimate of drug-likeness (QED) is 0.550. The summed E-state index contributed by atoms with van der Waals surface area (Å²) < 4.78 is 5.69. The first-order valence-corrected chi connectivity index (χ1v) is 9.54. The summed E-state index contributed by atoms with van der Waals surface area (Å²) in [5.74, 6) is 1.04. The Balaban J connectivity index is 1.53. The van der Waals surface area contributed by atoms with Crippen molar-refractivity contribution in [2.75, 3.05) is 13.1 Å². The van der Waals surface area contributed by atoms with Crippen LogP contribution in [-0.4, -0.2) is 41.7 Å². The van der Waals surface area contributed by atoms with Crippen molar-refractivity contribution in [2.24, 2.45) is 7.05 Å². The van der Waals surface area contributed by atoms with Crippen LogP contribution in [-0.2, 0) is 13.6 Å². The van der Waals surface area contributed by atoms with Gasteiger partial charge in [-0.3, -0.25) is 14.0 Å². The highest BCUT2D eigenvalue weighted by atomic mass is 16.2. The number of hydrogen-bond acceptors (Lipinski definition) is 4. The monoisotopic (exact) mass is 374 g/mol. The van der Waals surface area contributed by atoms with Crippen LogP contribution in [0.15, 0.2) is 65.8 Å². The summed E-state index contributed by atoms with van der Waals surface area (Å²) in [5.41, 5.74) is 2.44. The number of fused-ring (bicyclic) bond motifs is 1. The minimum atomic E-state index is -0.0243. The number of rotatable bonds is 4. The molecule has 4 aromatic rings. The van der Waals surface area contributed by atoms with E-state index in [1.807, 2.05) is 71.0 Å². The van der Waals surface area contributed by atoms with Gasteiger partial charge in [0.15, 0.2) is 5.65 Å². The number of aromatic nitrogens is 5. The summed E-state index contributed by atoms with van der Waals surface area (Å²) in [6, 6.07) is 13.7. The molecular formula is C21H22N6O. The van der Waals surface area contributed by atoms with Gasteiger partial charge in [0.1, 0.15) is 5.82 Å². The Kier molecular flexibility index (Phi) is 4.09. The fourth-order valence-electron chi connectivity index (χ4n) is 4.12. The average molecular weight is 374 g/mol. The third kappa shape index (κ3) is 2.75. The van der Waals surface area contributed by atoms with E-state index in [0.717, 1.165) is 48.7 Å². The summed E-state index contributed by atoms with van der Waals surface area (Å²) in [6.45, 7) is 2.55. The Morgan fingerprint density at radius 2 is 1.93 bits per heavy atom. The maximum atomic E-state index is 13.4. The van der Waals surface area contributed by atoms with Gasteiger partial charge in [-0.2, -0.15) is 0 Å². The lowest BCUT2D eigenvalue weighted by atomic mass is 10.2. The smallest absolute Gasteiger partial charge is 0.335 e. The zero-order valence-corrected chi connectivity index (χ0v) is 15.8. The molecule has 7 nitrogen and oxygen atoms in total. The molecule has 1 saturated heterocycles. The topological polar surface area (TPSA) is 60.9 Å². The van der Waals surface area contributed by atoms with Gasteiger partial charge >= 0.3 is 5.69 Å². The van der Waals surface area contributed by atoms with Crippen LogP contribution in [0.3, 0.4) is 0 Å². The lowest BCUT2D eigenvalue weighted by Crippen LogP contribution is -2.29. The number of benzene rings is 1. The number of imidazole rings is 2. The molecule has 0 spiro atoms. The van der Waals surface area contributed by atoms with Crippen LogP contribution in [0.4, 0.5) is 0 Å². The molecule has 1 aliphatic heterocycles. The predicted octanol–water partition coefficient (Wildman–Crippen LogP) is 2.37. The second-order valence-corrected chi connectivity index (χ2v) is 7.30. The molecule has 5 rings (SSSR count). The molecule has 1 aromatic carbocycles. The van der Waals surface area contributed by atoms with Gasteiger partial charge < -0.3 is 4.57 Å². The fraction of sp³-hybridized carbons (Fsp3) is 0.286. The molecule has 4 heterocycles. The number of aryl methyl sites for hydroxylation is 1. The van der Waals surface area contributed by atoms with Gasteiger partial charge in [-0.15, -0.1) is 0 Å². The van der Waals surface area contributed by atoms with E-state index >= 15 is 0 Å². The third-order valence-corrected chi connectivity index (χ3v) is 5.55. The zero-order valence-electron chi connectivity index (χ0n) is 15.8. The number of likely N-dealkylation sites (tertiary alicyclic amines) is 1. The molecular weight excluding hydrogens is 352 g/mol. The van der Waals surface area contributed by atoms with Gasteiger partial charge in [-0.1, -0.05) is 18.2 Å². The molecule has 0 aliphatic carbocycles. The predicted molar refractivity (Wildman–Crippen MR) is 107 cm³/mol. The van der Waals surface area contributed by atoms with E-state index in [1.54, 1.807) is 10.8 Å². The second-order valence-electron chi connectivity index (χ2n) is 7.30. The van der Waals surface area contributed by atoms with Crippen molar-refractivity contribution >= 4 is 11.2 Å². The highest BCUT2D eigenvalue weighted by Gasteiger charge is 2.29. The van der Waals surface area contributed by atoms with Crippen molar-refractivity contribution in [2.45, 2.75) is 19.0 Å². The Bertz CT molecular complexity index is 1170. The Hall–Kier alpha value is -3.19. The van der Waals surface area contributed by atoms with Crippen LogP contribution in [0.5, 0.6) is 0 Å². The Morgan fingerprint density at radius 3 is 2.71 bits per heavy atom. The molecule has 3 aromatic heterocycles. The summed E-state index contributed by atoms with van der Waals surface area (Å²) >= 11 is 0. The molecule has 28 heavy (non-hydrogen) atoms. The molecule has 7 heteroatoms. The summed E-state index contributed by atoms with van der Waals surface area (Å²) in [4.78, 5) is 24.7. The lowest BCUT2D eigenvalue weighted by Gasteiger charge is -2.16. The van der Waals surface area contributed by atoms with Crippen LogP contribution in [0.25, 0.3) is 16.9 Å². The van der Waals surface area contributed by atoms with Crippen LogP contribution >= 0.6 is 0 Å². The van der Waals surface area contributed by atoms with Gasteiger partial charge in [0.05, 0.1) is 23.8 Å². The maximum absolute atomic E-state index is 13.4. The van der Waals surface area contributed by atoms with E-state index < -0.39 is 0 Å². The third-order valence-electron chi connectivity index (χ3n) is 5.55. The number of nitrogens with zero attached hydrogens (tertiary/aromatic N) is 6. The van der Waals surface area contributed by atoms with Gasteiger partial charge in [0, 0.05) is 38.7 Å². The molecule has 0 N–H and O–H groups in total. The molecule has 0 radical (unpaired) electrons. The number of para-hydroxylation sites is 1. The lowest BCUT2D eigenvalue weighted by molar-refractivity contribution is 0.304. The fourth-order valence-corrected chi connectivity index (χ4v) is 4.12. The molecule has 0 saturated carbocycles. The average Bonchev–Trinajstić information content (AvgIpc) is 3.40. The first-order valence-electron chi connectivity index (χ1n) is 9.54. The van der Waals surface area contributed by atoms with E-state index in [2.05, 4.69) is 14.9 Å². The van der Waals surface area contributed by atoms with Crippen LogP contribution < -0.4 is 5.69 Å². The Morgan fingerprint density at radius 1 is 1.07 bits per heavy atom. The van der Waals surface area contributed by atoms with E-state index in [-0.39, 0.29) is 11.7 Å². The molecule has 1 aliphatic rings. The zero-order chi connectivity index (χ0) is 19.1. The standard InChI is InChI=1S/C21H22N6O/c1-24-13-11-22-19(24)15-25-12-9-17(14-25)27-20-18(8-5-10-23-20)26(21(27)28)16-6-3-2-4-7-16/h2-8,10-11,13,17H,9,12,14-15H2,1H3/t17-/m0/s1. The van der Waals surface area contributed by atoms with E-state index in [0.29, 0.717) is 0 Å². The van der Waals surface area contributed by atoms with Crippen LogP contribution in [0.2, 0.25) is 0 Å². The highest BCUT2D eigenvalue weighted by molar-refractivity contribution is 5.74. The summed E-state index contributed by atoms with van der Waals surface area (Å²) in [7, 11) is 2.01. The van der Waals surface area contributed by atoms with Crippen molar-refractivity contribution in [1.82, 2.24) is 28.6 Å². The first kappa shape index (κ1) is 16.9. The highest BCUT2D eigenvalue weighted by Crippen LogP contribution is 2.26. The number of hydrogen-bond donors (Lipinski definition) is 0. The largest absolute Gasteiger partial charge is 0.337 e. The molecule has 1 fully saturated rings. The van der Waals surface area contributed by atoms with Crippen molar-refractivity contribution in [3.63, 3.8) is 0 Å². The van der Waals surface area contributed by atoms with E-state index in [1.165, 1.54) is 0 Å². The summed E-state index contributed by atoms with van der Waals surface area (Å²) in [6.07, 6.45) is 6.47. The molecule has 0 unspecified atom stereocenters. The van der Waals surface area contributed by atoms with Crippen molar-refractivity contribution in [3.05, 3.63) is 77.4 Å². The van der Waals surface area contributed by atoms with Crippen LogP contribution in [0, 0.1) is 0 Å². The van der Waals surface area contributed by atoms with Crippen molar-refractivity contribution in [3.8, 4) is 5.69 Å². The van der Waals surface area contributed by atoms with Gasteiger partial charge in [-0.25, -0.2) is 14.8 Å². The number of pyridine rings is 1. The summed E-state index contributed by atoms with van der Waals surface area (Å²) in [5, 5.41) is 0. The van der Waals surface area contributed by atoms with Gasteiger partial charge in [-0.05, 0) is 30.7 Å². The molecule has 142 valence electrons. The molecule has 0 bridgehead atoms. The van der Waals surface area contributed by atoms with E-state index in [4.69, 9.17) is 0 Å². The molecule has 1 atom stereocenters. The van der Waals surface area contributed by atoms with Crippen LogP contribution in [0.1, 0.15) is 18.3 Å². The van der Waals surface area contributed by atoms with E-state index in [9.17, 15) is 4.79 Å². The minimum absolute atomic E-state index is 0.0243. The maximum Gasteiger partial charge on any atom is 0.335 e. The van der Waals surface area contributed by atoms with Gasteiger partial charge in [0.25, 0.3) is 0 Å². The Labute approximate surface area is 162 Å². The minimum Gasteiger partial charge on any atom is -0.337 e.